The zero-order chi connectivity index (χ0) is 11.0. The van der Waals surface area contributed by atoms with Crippen molar-refractivity contribution in [3.63, 3.8) is 0 Å². The summed E-state index contributed by atoms with van der Waals surface area (Å²) in [7, 11) is -2.40. The Hall–Kier alpha value is -0.920. The molecular weight excluding hydrogens is 230 g/mol. The first-order valence-electron chi connectivity index (χ1n) is 3.46. The summed E-state index contributed by atoms with van der Waals surface area (Å²) >= 11 is 0. The minimum absolute atomic E-state index is 0.0164. The normalized spacial score (nSPS) is 10.4. The van der Waals surface area contributed by atoms with Crippen molar-refractivity contribution in [2.24, 2.45) is 5.11 Å². The highest BCUT2D eigenvalue weighted by molar-refractivity contribution is 8.71. The molecule has 0 spiro atoms. The molecule has 0 aromatic carbocycles. The second-order valence-corrected chi connectivity index (χ2v) is 6.71. The van der Waals surface area contributed by atoms with Gasteiger partial charge in [0.05, 0.1) is 0 Å². The Morgan fingerprint density at radius 1 is 1.64 bits per heavy atom. The van der Waals surface area contributed by atoms with Gasteiger partial charge in [-0.15, -0.1) is 0 Å². The Morgan fingerprint density at radius 2 is 2.29 bits per heavy atom. The molecule has 0 unspecified atom stereocenters. The fourth-order valence-electron chi connectivity index (χ4n) is 0.476. The zero-order valence-corrected chi connectivity index (χ0v) is 9.05. The monoisotopic (exact) mass is 239 g/mol. The standard InChI is InChI=1S/C5H9N3O4S2/c1-14(10,11)13-3-2-12-5(9)4-7-8-6/h2-4H2,1H3. The highest BCUT2D eigenvalue weighted by Crippen LogP contribution is 2.08. The van der Waals surface area contributed by atoms with Crippen molar-refractivity contribution in [3.8, 4) is 0 Å². The number of carbonyl (C=O) groups excluding carboxylic acids is 1. The number of rotatable bonds is 6. The van der Waals surface area contributed by atoms with Gasteiger partial charge in [0.2, 0.25) is 0 Å². The fraction of sp³-hybridized carbons (Fsp3) is 0.800. The van der Waals surface area contributed by atoms with E-state index in [9.17, 15) is 13.2 Å². The summed E-state index contributed by atoms with van der Waals surface area (Å²) in [4.78, 5) is 13.0. The maximum absolute atomic E-state index is 10.7. The van der Waals surface area contributed by atoms with Crippen molar-refractivity contribution < 1.29 is 17.9 Å². The molecule has 0 aromatic heterocycles. The van der Waals surface area contributed by atoms with E-state index in [1.807, 2.05) is 0 Å². The van der Waals surface area contributed by atoms with E-state index in [2.05, 4.69) is 14.8 Å². The summed E-state index contributed by atoms with van der Waals surface area (Å²) in [6.45, 7) is -0.391. The lowest BCUT2D eigenvalue weighted by atomic mass is 10.7. The molecule has 0 saturated heterocycles. The number of nitrogens with zero attached hydrogens (tertiary/aromatic N) is 3. The molecule has 0 saturated carbocycles. The van der Waals surface area contributed by atoms with Crippen LogP contribution in [-0.4, -0.2) is 39.5 Å². The Labute approximate surface area is 84.8 Å². The van der Waals surface area contributed by atoms with Crippen LogP contribution in [0.3, 0.4) is 0 Å². The Balaban J connectivity index is 3.55. The third-order valence-electron chi connectivity index (χ3n) is 0.907. The van der Waals surface area contributed by atoms with Gasteiger partial charge in [-0.1, -0.05) is 5.11 Å². The van der Waals surface area contributed by atoms with Crippen LogP contribution in [0.15, 0.2) is 5.11 Å². The van der Waals surface area contributed by atoms with Crippen molar-refractivity contribution in [1.29, 1.82) is 0 Å². The number of hydrogen-bond donors (Lipinski definition) is 0. The topological polar surface area (TPSA) is 109 Å². The number of carbonyl (C=O) groups is 1. The van der Waals surface area contributed by atoms with Crippen LogP contribution in [0.4, 0.5) is 0 Å². The average Bonchev–Trinajstić information content (AvgIpc) is 2.07. The Morgan fingerprint density at radius 3 is 2.79 bits per heavy atom. The van der Waals surface area contributed by atoms with Crippen LogP contribution in [-0.2, 0) is 18.4 Å². The Bertz CT molecular complexity index is 333. The molecule has 0 N–H and O–H groups in total. The van der Waals surface area contributed by atoms with Gasteiger partial charge in [-0.2, -0.15) is 0 Å². The van der Waals surface area contributed by atoms with Crippen molar-refractivity contribution in [3.05, 3.63) is 10.4 Å². The molecule has 0 radical (unpaired) electrons. The van der Waals surface area contributed by atoms with E-state index in [4.69, 9.17) is 5.53 Å². The summed E-state index contributed by atoms with van der Waals surface area (Å²) in [5.74, 6) is -0.502. The van der Waals surface area contributed by atoms with Crippen molar-refractivity contribution >= 4 is 25.6 Å². The van der Waals surface area contributed by atoms with E-state index in [1.165, 1.54) is 0 Å². The van der Waals surface area contributed by atoms with Gasteiger partial charge >= 0.3 is 5.97 Å². The maximum Gasteiger partial charge on any atom is 0.311 e. The lowest BCUT2D eigenvalue weighted by Gasteiger charge is -2.00. The molecule has 80 valence electrons. The Kier molecular flexibility index (Phi) is 6.09. The van der Waals surface area contributed by atoms with Gasteiger partial charge in [0.15, 0.2) is 8.87 Å². The summed E-state index contributed by atoms with van der Waals surface area (Å²) in [5.41, 5.74) is 7.86. The maximum atomic E-state index is 10.7. The predicted molar refractivity (Wildman–Crippen MR) is 52.3 cm³/mol. The number of esters is 1. The summed E-state index contributed by atoms with van der Waals surface area (Å²) in [5, 5.41) is 2.98. The van der Waals surface area contributed by atoms with E-state index in [-0.39, 0.29) is 18.9 Å². The van der Waals surface area contributed by atoms with Gasteiger partial charge in [0.25, 0.3) is 0 Å². The summed E-state index contributed by atoms with van der Waals surface area (Å²) in [6, 6.07) is 0. The molecule has 9 heteroatoms. The summed E-state index contributed by atoms with van der Waals surface area (Å²) < 4.78 is 25.8. The molecule has 0 amide bonds. The largest absolute Gasteiger partial charge is 0.465 e. The van der Waals surface area contributed by atoms with Gasteiger partial charge < -0.3 is 4.74 Å². The van der Waals surface area contributed by atoms with E-state index < -0.39 is 14.8 Å². The smallest absolute Gasteiger partial charge is 0.311 e. The van der Waals surface area contributed by atoms with Gasteiger partial charge in [0.1, 0.15) is 13.2 Å². The quantitative estimate of drug-likeness (QED) is 0.168. The minimum Gasteiger partial charge on any atom is -0.465 e. The van der Waals surface area contributed by atoms with Crippen molar-refractivity contribution in [2.75, 3.05) is 25.2 Å². The first-order chi connectivity index (χ1) is 6.45. The minimum atomic E-state index is -3.10. The summed E-state index contributed by atoms with van der Waals surface area (Å²) in [6.07, 6.45) is 1.07. The van der Waals surface area contributed by atoms with Gasteiger partial charge in [-0.25, -0.2) is 8.42 Å². The van der Waals surface area contributed by atoms with E-state index >= 15 is 0 Å². The molecule has 0 fully saturated rings. The van der Waals surface area contributed by atoms with Gasteiger partial charge in [-0.3, -0.25) is 4.79 Å². The molecule has 0 aliphatic carbocycles. The lowest BCUT2D eigenvalue weighted by molar-refractivity contribution is -0.141. The molecule has 0 rings (SSSR count). The molecule has 14 heavy (non-hydrogen) atoms. The molecule has 0 heterocycles. The first kappa shape index (κ1) is 13.1. The van der Waals surface area contributed by atoms with Crippen molar-refractivity contribution in [2.45, 2.75) is 0 Å². The van der Waals surface area contributed by atoms with Crippen LogP contribution in [0, 0.1) is 0 Å². The van der Waals surface area contributed by atoms with Crippen LogP contribution in [0.25, 0.3) is 10.4 Å². The third-order valence-corrected chi connectivity index (χ3v) is 3.45. The molecule has 0 aromatic rings. The van der Waals surface area contributed by atoms with E-state index in [0.29, 0.717) is 10.8 Å². The average molecular weight is 239 g/mol. The van der Waals surface area contributed by atoms with Crippen LogP contribution < -0.4 is 0 Å². The highest BCUT2D eigenvalue weighted by Gasteiger charge is 2.04. The highest BCUT2D eigenvalue weighted by atomic mass is 33.1. The first-order valence-corrected chi connectivity index (χ1v) is 6.86. The van der Waals surface area contributed by atoms with Gasteiger partial charge in [0, 0.05) is 16.9 Å². The van der Waals surface area contributed by atoms with Crippen molar-refractivity contribution in [1.82, 2.24) is 0 Å². The second-order valence-electron chi connectivity index (χ2n) is 2.14. The number of hydrogen-bond acceptors (Lipinski definition) is 6. The fourth-order valence-corrected chi connectivity index (χ4v) is 2.04. The van der Waals surface area contributed by atoms with Crippen LogP contribution in [0.1, 0.15) is 0 Å². The van der Waals surface area contributed by atoms with Gasteiger partial charge in [-0.05, 0) is 16.3 Å². The van der Waals surface area contributed by atoms with Crippen LogP contribution in [0.2, 0.25) is 0 Å². The lowest BCUT2D eigenvalue weighted by Crippen LogP contribution is -2.10. The molecule has 7 nitrogen and oxygen atoms in total. The van der Waals surface area contributed by atoms with E-state index in [0.717, 1.165) is 6.26 Å². The molecule has 0 atom stereocenters. The van der Waals surface area contributed by atoms with Crippen LogP contribution in [0.5, 0.6) is 0 Å². The predicted octanol–water partition coefficient (Wildman–Crippen LogP) is 0.533. The zero-order valence-electron chi connectivity index (χ0n) is 7.41. The molecular formula is C5H9N3O4S2. The number of azide groups is 1. The van der Waals surface area contributed by atoms with E-state index in [1.54, 1.807) is 0 Å². The molecule has 0 aliphatic rings. The number of ether oxygens (including phenoxy) is 1. The SMILES string of the molecule is CS(=O)(=O)SCCOC(=O)CN=[N+]=[N-]. The molecule has 0 bridgehead atoms. The van der Waals surface area contributed by atoms with Crippen LogP contribution >= 0.6 is 10.8 Å². The molecule has 0 aliphatic heterocycles. The second kappa shape index (κ2) is 6.52. The third kappa shape index (κ3) is 9.17.